The second-order valence-corrected chi connectivity index (χ2v) is 11.6. The zero-order valence-corrected chi connectivity index (χ0v) is 31.4. The van der Waals surface area contributed by atoms with Gasteiger partial charge in [-0.2, -0.15) is 0 Å². The summed E-state index contributed by atoms with van der Waals surface area (Å²) >= 11 is 0. The van der Waals surface area contributed by atoms with Crippen LogP contribution in [-0.4, -0.2) is 33.7 Å². The van der Waals surface area contributed by atoms with Gasteiger partial charge in [0.25, 0.3) is 0 Å². The second kappa shape index (κ2) is 22.3. The first-order chi connectivity index (χ1) is 25.8. The Hall–Kier alpha value is -6.82. The number of primary amides is 2. The van der Waals surface area contributed by atoms with Crippen LogP contribution in [-0.2, 0) is 17.1 Å². The molecule has 12 nitrogen and oxygen atoms in total. The average Bonchev–Trinajstić information content (AvgIpc) is 3.17. The number of anilines is 4. The van der Waals surface area contributed by atoms with Crippen molar-refractivity contribution >= 4 is 46.5 Å². The summed E-state index contributed by atoms with van der Waals surface area (Å²) in [6.07, 6.45) is 6.11. The standard InChI is InChI=1S/2C15H15NO2.2C6H6N2O.Cu/c2*1-10-6-5-9-13(11(10)2)16-14-8-4-3-7-12(14)15(17)18;2*7-6(9)5-1-3-8-4-2-5;/h2*3-9,16H,1-2H3,(H,17,18);2*1-4H,(H2,7,9);/q;;;;+2/p-2. The third kappa shape index (κ3) is 13.9. The number of pyridine rings is 2. The molecule has 6 N–H and O–H groups in total. The zero-order valence-electron chi connectivity index (χ0n) is 30.5. The molecule has 55 heavy (non-hydrogen) atoms. The van der Waals surface area contributed by atoms with Crippen molar-refractivity contribution in [1.82, 2.24) is 9.97 Å². The molecule has 6 aromatic rings. The van der Waals surface area contributed by atoms with Crippen molar-refractivity contribution in [2.45, 2.75) is 27.7 Å². The Morgan fingerprint density at radius 1 is 0.473 bits per heavy atom. The Labute approximate surface area is 330 Å². The normalized spacial score (nSPS) is 9.53. The minimum atomic E-state index is -1.18. The number of amides is 2. The van der Waals surface area contributed by atoms with Gasteiger partial charge in [0.2, 0.25) is 11.8 Å². The molecule has 13 heteroatoms. The number of para-hydroxylation sites is 2. The molecule has 0 saturated heterocycles. The molecule has 285 valence electrons. The molecule has 0 bridgehead atoms. The predicted octanol–water partition coefficient (Wildman–Crippen LogP) is 5.18. The van der Waals surface area contributed by atoms with Gasteiger partial charge in [-0.1, -0.05) is 60.7 Å². The molecular weight excluding hydrogens is 748 g/mol. The fourth-order valence-corrected chi connectivity index (χ4v) is 4.64. The maximum absolute atomic E-state index is 11.0. The van der Waals surface area contributed by atoms with Gasteiger partial charge in [-0.3, -0.25) is 19.6 Å². The van der Waals surface area contributed by atoms with Crippen molar-refractivity contribution in [1.29, 1.82) is 0 Å². The van der Waals surface area contributed by atoms with E-state index in [1.54, 1.807) is 60.7 Å². The molecule has 2 amide bonds. The molecule has 0 saturated carbocycles. The van der Waals surface area contributed by atoms with Crippen LogP contribution in [0.2, 0.25) is 0 Å². The van der Waals surface area contributed by atoms with Gasteiger partial charge in [-0.25, -0.2) is 0 Å². The smallest absolute Gasteiger partial charge is 0.545 e. The number of carboxylic acid groups (broad SMARTS) is 2. The number of rotatable bonds is 8. The zero-order chi connectivity index (χ0) is 39.6. The summed E-state index contributed by atoms with van der Waals surface area (Å²) in [6, 6.07) is 31.5. The Bertz CT molecular complexity index is 2040. The van der Waals surface area contributed by atoms with Crippen LogP contribution in [0.25, 0.3) is 0 Å². The van der Waals surface area contributed by atoms with E-state index in [0.29, 0.717) is 22.5 Å². The third-order valence-corrected chi connectivity index (χ3v) is 7.97. The summed E-state index contributed by atoms with van der Waals surface area (Å²) in [5, 5.41) is 28.3. The van der Waals surface area contributed by atoms with E-state index < -0.39 is 23.8 Å². The van der Waals surface area contributed by atoms with Crippen LogP contribution in [0, 0.1) is 27.7 Å². The molecule has 0 aliphatic rings. The number of hydrogen-bond donors (Lipinski definition) is 4. The number of aromatic nitrogens is 2. The Kier molecular flexibility index (Phi) is 18.0. The SMILES string of the molecule is Cc1cccc(Nc2ccccc2C(=O)[O-])c1C.Cc1cccc(Nc2ccccc2C(=O)[O-])c1C.NC(=O)c1ccncc1.NC(=O)c1ccncc1.[Cu+2]. The van der Waals surface area contributed by atoms with E-state index in [9.17, 15) is 29.4 Å². The van der Waals surface area contributed by atoms with E-state index in [-0.39, 0.29) is 28.2 Å². The Morgan fingerprint density at radius 3 is 1.07 bits per heavy atom. The number of carboxylic acids is 2. The molecule has 0 atom stereocenters. The maximum atomic E-state index is 11.0. The van der Waals surface area contributed by atoms with Gasteiger partial charge in [0, 0.05) is 69.8 Å². The summed E-state index contributed by atoms with van der Waals surface area (Å²) in [5.41, 5.74) is 18.6. The summed E-state index contributed by atoms with van der Waals surface area (Å²) in [4.78, 5) is 50.3. The van der Waals surface area contributed by atoms with Gasteiger partial charge >= 0.3 is 17.1 Å². The largest absolute Gasteiger partial charge is 2.00 e. The van der Waals surface area contributed by atoms with Crippen molar-refractivity contribution < 1.29 is 46.5 Å². The number of nitrogens with two attached hydrogens (primary N) is 2. The number of aromatic carboxylic acids is 2. The number of hydrogen-bond acceptors (Lipinski definition) is 10. The van der Waals surface area contributed by atoms with Crippen LogP contribution in [0.15, 0.2) is 134 Å². The van der Waals surface area contributed by atoms with Crippen LogP contribution in [0.3, 0.4) is 0 Å². The van der Waals surface area contributed by atoms with E-state index in [2.05, 4.69) is 20.6 Å². The Balaban J connectivity index is 0.000000265. The first kappa shape index (κ1) is 44.3. The predicted molar refractivity (Wildman–Crippen MR) is 205 cm³/mol. The van der Waals surface area contributed by atoms with Crippen LogP contribution < -0.4 is 32.3 Å². The molecule has 6 rings (SSSR count). The van der Waals surface area contributed by atoms with Gasteiger partial charge in [0.15, 0.2) is 0 Å². The molecule has 0 aliphatic heterocycles. The number of nitrogens with one attached hydrogen (secondary N) is 2. The number of carbonyl (C=O) groups excluding carboxylic acids is 4. The van der Waals surface area contributed by atoms with Crippen LogP contribution in [0.1, 0.15) is 63.7 Å². The summed E-state index contributed by atoms with van der Waals surface area (Å²) < 4.78 is 0. The first-order valence-electron chi connectivity index (χ1n) is 16.5. The molecule has 0 spiro atoms. The maximum Gasteiger partial charge on any atom is 2.00 e. The molecule has 1 radical (unpaired) electrons. The van der Waals surface area contributed by atoms with Crippen LogP contribution >= 0.6 is 0 Å². The topological polar surface area (TPSA) is 216 Å². The summed E-state index contributed by atoms with van der Waals surface area (Å²) in [7, 11) is 0. The molecule has 4 aromatic carbocycles. The number of benzene rings is 4. The Morgan fingerprint density at radius 2 is 0.782 bits per heavy atom. The summed E-state index contributed by atoms with van der Waals surface area (Å²) in [6.45, 7) is 8.04. The molecule has 0 unspecified atom stereocenters. The van der Waals surface area contributed by atoms with Gasteiger partial charge in [0.05, 0.1) is 11.9 Å². The van der Waals surface area contributed by atoms with Crippen molar-refractivity contribution in [2.75, 3.05) is 10.6 Å². The number of nitrogens with zero attached hydrogens (tertiary/aromatic N) is 2. The minimum Gasteiger partial charge on any atom is -0.545 e. The van der Waals surface area contributed by atoms with Crippen molar-refractivity contribution in [3.63, 3.8) is 0 Å². The van der Waals surface area contributed by atoms with Gasteiger partial charge < -0.3 is 41.9 Å². The van der Waals surface area contributed by atoms with E-state index in [4.69, 9.17) is 11.5 Å². The summed E-state index contributed by atoms with van der Waals surface area (Å²) in [5.74, 6) is -3.19. The van der Waals surface area contributed by atoms with E-state index in [1.807, 2.05) is 64.1 Å². The first-order valence-corrected chi connectivity index (χ1v) is 16.5. The second-order valence-electron chi connectivity index (χ2n) is 11.6. The van der Waals surface area contributed by atoms with Gasteiger partial charge in [-0.15, -0.1) is 0 Å². The van der Waals surface area contributed by atoms with Gasteiger partial charge in [-0.05, 0) is 98.5 Å². The quantitative estimate of drug-likeness (QED) is 0.148. The molecule has 0 fully saturated rings. The minimum absolute atomic E-state index is 0. The van der Waals surface area contributed by atoms with E-state index in [0.717, 1.165) is 33.6 Å². The van der Waals surface area contributed by atoms with Gasteiger partial charge in [0.1, 0.15) is 0 Å². The molecular formula is C42H40CuN6O6. The molecule has 2 aromatic heterocycles. The number of aryl methyl sites for hydroxylation is 2. The average molecular weight is 788 g/mol. The van der Waals surface area contributed by atoms with E-state index in [1.165, 1.54) is 36.9 Å². The van der Waals surface area contributed by atoms with Crippen molar-refractivity contribution in [3.8, 4) is 0 Å². The molecule has 0 aliphatic carbocycles. The molecule has 2 heterocycles. The monoisotopic (exact) mass is 787 g/mol. The fraction of sp³-hybridized carbons (Fsp3) is 0.0952. The van der Waals surface area contributed by atoms with Crippen LogP contribution in [0.4, 0.5) is 22.7 Å². The number of carbonyl (C=O) groups is 4. The van der Waals surface area contributed by atoms with Crippen molar-refractivity contribution in [3.05, 3.63) is 178 Å². The van der Waals surface area contributed by atoms with E-state index >= 15 is 0 Å². The van der Waals surface area contributed by atoms with Crippen molar-refractivity contribution in [2.24, 2.45) is 11.5 Å². The van der Waals surface area contributed by atoms with Crippen LogP contribution in [0.5, 0.6) is 0 Å². The fourth-order valence-electron chi connectivity index (χ4n) is 4.64. The third-order valence-electron chi connectivity index (χ3n) is 7.97.